The predicted octanol–water partition coefficient (Wildman–Crippen LogP) is -0.717. The second-order valence-corrected chi connectivity index (χ2v) is 3.37. The Hall–Kier alpha value is -1.73. The van der Waals surface area contributed by atoms with Crippen molar-refractivity contribution in [3.63, 3.8) is 0 Å². The van der Waals surface area contributed by atoms with Gasteiger partial charge in [-0.15, -0.1) is 0 Å². The number of aromatic nitrogens is 5. The molecule has 0 bridgehead atoms. The highest BCUT2D eigenvalue weighted by Crippen LogP contribution is 1.97. The van der Waals surface area contributed by atoms with Gasteiger partial charge in [0, 0.05) is 18.3 Å². The molecule has 2 aromatic rings. The van der Waals surface area contributed by atoms with Gasteiger partial charge in [0.1, 0.15) is 12.2 Å². The van der Waals surface area contributed by atoms with Crippen LogP contribution in [-0.2, 0) is 19.6 Å². The first kappa shape index (κ1) is 10.8. The van der Waals surface area contributed by atoms with Crippen molar-refractivity contribution in [2.24, 2.45) is 0 Å². The summed E-state index contributed by atoms with van der Waals surface area (Å²) in [4.78, 5) is 4.00. The summed E-state index contributed by atoms with van der Waals surface area (Å²) < 4.78 is 1.71. The lowest BCUT2D eigenvalue weighted by Crippen LogP contribution is -2.13. The predicted molar refractivity (Wildman–Crippen MR) is 56.2 cm³/mol. The molecule has 0 aliphatic rings. The van der Waals surface area contributed by atoms with Gasteiger partial charge in [-0.2, -0.15) is 10.2 Å². The van der Waals surface area contributed by atoms with Crippen molar-refractivity contribution in [1.82, 2.24) is 30.3 Å². The van der Waals surface area contributed by atoms with Crippen LogP contribution in [0.15, 0.2) is 18.7 Å². The summed E-state index contributed by atoms with van der Waals surface area (Å²) in [5, 5.41) is 22.6. The van der Waals surface area contributed by atoms with Crippen molar-refractivity contribution in [2.45, 2.75) is 19.6 Å². The van der Waals surface area contributed by atoms with E-state index in [0.717, 1.165) is 11.4 Å². The first-order valence-electron chi connectivity index (χ1n) is 5.05. The molecule has 2 heterocycles. The van der Waals surface area contributed by atoms with Crippen LogP contribution in [0.2, 0.25) is 0 Å². The van der Waals surface area contributed by atoms with Gasteiger partial charge in [0.15, 0.2) is 0 Å². The molecule has 0 aliphatic carbocycles. The van der Waals surface area contributed by atoms with Gasteiger partial charge in [0.05, 0.1) is 25.9 Å². The van der Waals surface area contributed by atoms with E-state index in [4.69, 9.17) is 5.11 Å². The summed E-state index contributed by atoms with van der Waals surface area (Å²) >= 11 is 0. The molecule has 0 atom stereocenters. The van der Waals surface area contributed by atoms with E-state index in [-0.39, 0.29) is 6.61 Å². The number of H-pyrrole nitrogens is 1. The van der Waals surface area contributed by atoms with Crippen LogP contribution < -0.4 is 5.32 Å². The van der Waals surface area contributed by atoms with E-state index in [1.807, 2.05) is 6.20 Å². The number of hydrogen-bond acceptors (Lipinski definition) is 5. The number of nitrogens with zero attached hydrogens (tertiary/aromatic N) is 4. The normalized spacial score (nSPS) is 10.8. The molecule has 7 heteroatoms. The van der Waals surface area contributed by atoms with Gasteiger partial charge in [-0.05, 0) is 0 Å². The zero-order valence-corrected chi connectivity index (χ0v) is 8.80. The highest BCUT2D eigenvalue weighted by atomic mass is 16.3. The summed E-state index contributed by atoms with van der Waals surface area (Å²) in [6.07, 6.45) is 5.17. The van der Waals surface area contributed by atoms with Crippen LogP contribution >= 0.6 is 0 Å². The molecule has 3 N–H and O–H groups in total. The zero-order valence-electron chi connectivity index (χ0n) is 8.80. The molecule has 0 saturated carbocycles. The number of rotatable bonds is 6. The van der Waals surface area contributed by atoms with Gasteiger partial charge in [-0.3, -0.25) is 9.78 Å². The van der Waals surface area contributed by atoms with Crippen LogP contribution in [0.1, 0.15) is 11.4 Å². The fourth-order valence-corrected chi connectivity index (χ4v) is 1.36. The minimum absolute atomic E-state index is 0.104. The van der Waals surface area contributed by atoms with Crippen LogP contribution in [0.5, 0.6) is 0 Å². The monoisotopic (exact) mass is 222 g/mol. The van der Waals surface area contributed by atoms with Crippen molar-refractivity contribution >= 4 is 0 Å². The van der Waals surface area contributed by atoms with Crippen molar-refractivity contribution in [3.05, 3.63) is 30.1 Å². The Morgan fingerprint density at radius 3 is 3.12 bits per heavy atom. The van der Waals surface area contributed by atoms with Crippen LogP contribution in [-0.4, -0.2) is 36.7 Å². The Kier molecular flexibility index (Phi) is 3.62. The second-order valence-electron chi connectivity index (χ2n) is 3.37. The average Bonchev–Trinajstić information content (AvgIpc) is 2.90. The van der Waals surface area contributed by atoms with Crippen LogP contribution in [0.25, 0.3) is 0 Å². The maximum atomic E-state index is 8.73. The zero-order chi connectivity index (χ0) is 11.2. The molecule has 0 aliphatic heterocycles. The summed E-state index contributed by atoms with van der Waals surface area (Å²) in [5.41, 5.74) is 1.08. The largest absolute Gasteiger partial charge is 0.394 e. The SMILES string of the molecule is OCCn1cc(CNCc2ncn[nH]2)cn1. The minimum Gasteiger partial charge on any atom is -0.394 e. The van der Waals surface area contributed by atoms with Gasteiger partial charge in [0.25, 0.3) is 0 Å². The fraction of sp³-hybridized carbons (Fsp3) is 0.444. The number of aromatic amines is 1. The molecular formula is C9H14N6O. The first-order chi connectivity index (χ1) is 7.88. The summed E-state index contributed by atoms with van der Waals surface area (Å²) in [6.45, 7) is 1.99. The van der Waals surface area contributed by atoms with Crippen LogP contribution in [0.3, 0.4) is 0 Å². The van der Waals surface area contributed by atoms with Gasteiger partial charge in [-0.25, -0.2) is 4.98 Å². The molecule has 0 aromatic carbocycles. The van der Waals surface area contributed by atoms with Gasteiger partial charge in [0.2, 0.25) is 0 Å². The lowest BCUT2D eigenvalue weighted by atomic mass is 10.3. The molecule has 16 heavy (non-hydrogen) atoms. The maximum absolute atomic E-state index is 8.73. The third-order valence-corrected chi connectivity index (χ3v) is 2.10. The molecule has 0 spiro atoms. The lowest BCUT2D eigenvalue weighted by Gasteiger charge is -1.99. The molecule has 86 valence electrons. The molecule has 0 radical (unpaired) electrons. The van der Waals surface area contributed by atoms with Crippen LogP contribution in [0, 0.1) is 0 Å². The number of nitrogens with one attached hydrogen (secondary N) is 2. The van der Waals surface area contributed by atoms with E-state index >= 15 is 0 Å². The minimum atomic E-state index is 0.104. The van der Waals surface area contributed by atoms with Gasteiger partial charge < -0.3 is 10.4 Å². The molecule has 0 saturated heterocycles. The molecule has 7 nitrogen and oxygen atoms in total. The standard InChI is InChI=1S/C9H14N6O/c16-2-1-15-6-8(4-13-15)3-10-5-9-11-7-12-14-9/h4,6-7,10,16H,1-3,5H2,(H,11,12,14). The molecule has 2 aromatic heterocycles. The van der Waals surface area contributed by atoms with E-state index in [0.29, 0.717) is 19.6 Å². The highest BCUT2D eigenvalue weighted by Gasteiger charge is 1.99. The van der Waals surface area contributed by atoms with E-state index in [9.17, 15) is 0 Å². The molecular weight excluding hydrogens is 208 g/mol. The van der Waals surface area contributed by atoms with Gasteiger partial charge >= 0.3 is 0 Å². The second kappa shape index (κ2) is 5.38. The van der Waals surface area contributed by atoms with Crippen LogP contribution in [0.4, 0.5) is 0 Å². The number of aliphatic hydroxyl groups excluding tert-OH is 1. The van der Waals surface area contributed by atoms with E-state index in [2.05, 4.69) is 25.6 Å². The Labute approximate surface area is 92.5 Å². The van der Waals surface area contributed by atoms with Crippen molar-refractivity contribution in [1.29, 1.82) is 0 Å². The highest BCUT2D eigenvalue weighted by molar-refractivity contribution is 5.03. The summed E-state index contributed by atoms with van der Waals surface area (Å²) in [6, 6.07) is 0. The number of aliphatic hydroxyl groups is 1. The summed E-state index contributed by atoms with van der Waals surface area (Å²) in [7, 11) is 0. The lowest BCUT2D eigenvalue weighted by molar-refractivity contribution is 0.269. The fourth-order valence-electron chi connectivity index (χ4n) is 1.36. The van der Waals surface area contributed by atoms with E-state index in [1.54, 1.807) is 10.9 Å². The topological polar surface area (TPSA) is 91.6 Å². The Balaban J connectivity index is 1.76. The average molecular weight is 222 g/mol. The van der Waals surface area contributed by atoms with E-state index in [1.165, 1.54) is 6.33 Å². The maximum Gasteiger partial charge on any atom is 0.138 e. The molecule has 0 fully saturated rings. The quantitative estimate of drug-likeness (QED) is 0.600. The molecule has 0 amide bonds. The van der Waals surface area contributed by atoms with Crippen molar-refractivity contribution in [2.75, 3.05) is 6.61 Å². The van der Waals surface area contributed by atoms with Crippen molar-refractivity contribution in [3.8, 4) is 0 Å². The third kappa shape index (κ3) is 2.88. The Morgan fingerprint density at radius 2 is 2.38 bits per heavy atom. The number of hydrogen-bond donors (Lipinski definition) is 3. The summed E-state index contributed by atoms with van der Waals surface area (Å²) in [5.74, 6) is 0.808. The molecule has 2 rings (SSSR count). The third-order valence-electron chi connectivity index (χ3n) is 2.10. The van der Waals surface area contributed by atoms with E-state index < -0.39 is 0 Å². The van der Waals surface area contributed by atoms with Crippen molar-refractivity contribution < 1.29 is 5.11 Å². The smallest absolute Gasteiger partial charge is 0.138 e. The Bertz CT molecular complexity index is 409. The Morgan fingerprint density at radius 1 is 1.44 bits per heavy atom. The first-order valence-corrected chi connectivity index (χ1v) is 5.05. The van der Waals surface area contributed by atoms with Gasteiger partial charge in [-0.1, -0.05) is 0 Å². The molecule has 0 unspecified atom stereocenters.